The summed E-state index contributed by atoms with van der Waals surface area (Å²) in [5, 5.41) is 4.04. The zero-order valence-corrected chi connectivity index (χ0v) is 10.8. The molecule has 0 radical (unpaired) electrons. The van der Waals surface area contributed by atoms with Crippen LogP contribution in [0.2, 0.25) is 0 Å². The Morgan fingerprint density at radius 3 is 2.95 bits per heavy atom. The van der Waals surface area contributed by atoms with E-state index in [1.807, 2.05) is 6.92 Å². The Balaban J connectivity index is 2.29. The van der Waals surface area contributed by atoms with Gasteiger partial charge in [0, 0.05) is 6.07 Å². The number of hydrogen-bond donors (Lipinski definition) is 0. The molecule has 0 amide bonds. The zero-order valence-electron chi connectivity index (χ0n) is 10.8. The lowest BCUT2D eigenvalue weighted by Gasteiger charge is -2.04. The zero-order chi connectivity index (χ0) is 13.8. The van der Waals surface area contributed by atoms with Gasteiger partial charge in [-0.05, 0) is 18.1 Å². The standard InChI is InChI=1S/C13H14N2O4/c1-3-9-6-12(16)15(14-7-9)8-11-10(4-5-19-11)13(17)18-2/h4-7H,3,8H2,1-2H3. The fraction of sp³-hybridized carbons (Fsp3) is 0.308. The number of furan rings is 1. The lowest BCUT2D eigenvalue weighted by molar-refractivity contribution is 0.0598. The van der Waals surface area contributed by atoms with E-state index in [0.717, 1.165) is 12.0 Å². The second-order valence-electron chi connectivity index (χ2n) is 3.96. The molecule has 2 aromatic heterocycles. The van der Waals surface area contributed by atoms with Crippen molar-refractivity contribution in [3.8, 4) is 0 Å². The molecule has 2 rings (SSSR count). The molecule has 0 fully saturated rings. The third-order valence-electron chi connectivity index (χ3n) is 2.78. The average Bonchev–Trinajstić information content (AvgIpc) is 2.88. The van der Waals surface area contributed by atoms with Crippen LogP contribution in [0.5, 0.6) is 0 Å². The molecule has 0 N–H and O–H groups in total. The molecule has 0 aliphatic heterocycles. The minimum absolute atomic E-state index is 0.0975. The summed E-state index contributed by atoms with van der Waals surface area (Å²) >= 11 is 0. The van der Waals surface area contributed by atoms with Gasteiger partial charge in [-0.15, -0.1) is 0 Å². The molecular weight excluding hydrogens is 248 g/mol. The van der Waals surface area contributed by atoms with Gasteiger partial charge in [-0.1, -0.05) is 6.92 Å². The number of esters is 1. The summed E-state index contributed by atoms with van der Waals surface area (Å²) in [4.78, 5) is 23.3. The summed E-state index contributed by atoms with van der Waals surface area (Å²) in [5.74, 6) is -0.146. The van der Waals surface area contributed by atoms with Crippen LogP contribution in [0.1, 0.15) is 28.6 Å². The maximum atomic E-state index is 11.8. The van der Waals surface area contributed by atoms with E-state index >= 15 is 0 Å². The summed E-state index contributed by atoms with van der Waals surface area (Å²) in [7, 11) is 1.29. The first-order valence-electron chi connectivity index (χ1n) is 5.86. The van der Waals surface area contributed by atoms with E-state index in [4.69, 9.17) is 4.42 Å². The van der Waals surface area contributed by atoms with Gasteiger partial charge < -0.3 is 9.15 Å². The second-order valence-corrected chi connectivity index (χ2v) is 3.96. The fourth-order valence-corrected chi connectivity index (χ4v) is 1.67. The molecule has 0 aliphatic rings. The van der Waals surface area contributed by atoms with Gasteiger partial charge in [-0.2, -0.15) is 5.10 Å². The van der Waals surface area contributed by atoms with Gasteiger partial charge in [0.25, 0.3) is 5.56 Å². The first-order valence-corrected chi connectivity index (χ1v) is 5.86. The fourth-order valence-electron chi connectivity index (χ4n) is 1.67. The van der Waals surface area contributed by atoms with Crippen molar-refractivity contribution in [2.45, 2.75) is 19.9 Å². The summed E-state index contributed by atoms with van der Waals surface area (Å²) in [6.07, 6.45) is 3.76. The monoisotopic (exact) mass is 262 g/mol. The minimum Gasteiger partial charge on any atom is -0.466 e. The third-order valence-corrected chi connectivity index (χ3v) is 2.78. The van der Waals surface area contributed by atoms with Crippen LogP contribution >= 0.6 is 0 Å². The lowest BCUT2D eigenvalue weighted by Crippen LogP contribution is -2.23. The van der Waals surface area contributed by atoms with E-state index < -0.39 is 5.97 Å². The molecule has 100 valence electrons. The number of aromatic nitrogens is 2. The Morgan fingerprint density at radius 1 is 1.53 bits per heavy atom. The van der Waals surface area contributed by atoms with Crippen LogP contribution in [0.3, 0.4) is 0 Å². The van der Waals surface area contributed by atoms with Gasteiger partial charge in [0.15, 0.2) is 0 Å². The van der Waals surface area contributed by atoms with Gasteiger partial charge in [-0.3, -0.25) is 4.79 Å². The van der Waals surface area contributed by atoms with E-state index in [1.54, 1.807) is 6.20 Å². The van der Waals surface area contributed by atoms with Crippen molar-refractivity contribution in [1.82, 2.24) is 9.78 Å². The predicted octanol–water partition coefficient (Wildman–Crippen LogP) is 1.23. The van der Waals surface area contributed by atoms with Gasteiger partial charge in [0.1, 0.15) is 17.9 Å². The van der Waals surface area contributed by atoms with Crippen molar-refractivity contribution in [3.05, 3.63) is 51.8 Å². The topological polar surface area (TPSA) is 74.3 Å². The summed E-state index contributed by atoms with van der Waals surface area (Å²) in [5.41, 5.74) is 0.941. The van der Waals surface area contributed by atoms with Crippen LogP contribution in [0.4, 0.5) is 0 Å². The van der Waals surface area contributed by atoms with Gasteiger partial charge in [0.2, 0.25) is 0 Å². The molecular formula is C13H14N2O4. The smallest absolute Gasteiger partial charge is 0.341 e. The van der Waals surface area contributed by atoms with Crippen molar-refractivity contribution in [2.24, 2.45) is 0 Å². The first-order chi connectivity index (χ1) is 9.15. The average molecular weight is 262 g/mol. The Labute approximate surface area is 109 Å². The van der Waals surface area contributed by atoms with Crippen molar-refractivity contribution in [2.75, 3.05) is 7.11 Å². The van der Waals surface area contributed by atoms with Crippen LogP contribution in [0, 0.1) is 0 Å². The molecule has 0 saturated heterocycles. The van der Waals surface area contributed by atoms with Crippen LogP contribution in [0.25, 0.3) is 0 Å². The minimum atomic E-state index is -0.498. The molecule has 0 unspecified atom stereocenters. The van der Waals surface area contributed by atoms with E-state index in [-0.39, 0.29) is 12.1 Å². The normalized spacial score (nSPS) is 10.4. The molecule has 0 bridgehead atoms. The van der Waals surface area contributed by atoms with Gasteiger partial charge >= 0.3 is 5.97 Å². The Hall–Kier alpha value is -2.37. The van der Waals surface area contributed by atoms with Crippen molar-refractivity contribution in [3.63, 3.8) is 0 Å². The molecule has 2 aromatic rings. The predicted molar refractivity (Wildman–Crippen MR) is 67.0 cm³/mol. The molecule has 2 heterocycles. The Morgan fingerprint density at radius 2 is 2.32 bits per heavy atom. The maximum Gasteiger partial charge on any atom is 0.341 e. The number of nitrogens with zero attached hydrogens (tertiary/aromatic N) is 2. The van der Waals surface area contributed by atoms with Crippen LogP contribution in [-0.4, -0.2) is 22.9 Å². The first kappa shape index (κ1) is 13.1. The maximum absolute atomic E-state index is 11.8. The molecule has 0 atom stereocenters. The van der Waals surface area contributed by atoms with Gasteiger partial charge in [-0.25, -0.2) is 9.48 Å². The molecule has 0 saturated carbocycles. The number of carbonyl (C=O) groups is 1. The molecule has 19 heavy (non-hydrogen) atoms. The van der Waals surface area contributed by atoms with E-state index in [2.05, 4.69) is 9.84 Å². The van der Waals surface area contributed by atoms with E-state index in [0.29, 0.717) is 11.3 Å². The second kappa shape index (κ2) is 5.51. The number of carbonyl (C=O) groups excluding carboxylic acids is 1. The van der Waals surface area contributed by atoms with Crippen LogP contribution in [-0.2, 0) is 17.7 Å². The number of ether oxygens (including phenoxy) is 1. The molecule has 0 aromatic carbocycles. The van der Waals surface area contributed by atoms with Gasteiger partial charge in [0.05, 0.1) is 19.6 Å². The lowest BCUT2D eigenvalue weighted by atomic mass is 10.2. The quantitative estimate of drug-likeness (QED) is 0.775. The van der Waals surface area contributed by atoms with E-state index in [1.165, 1.54) is 30.2 Å². The molecule has 6 heteroatoms. The Kier molecular flexibility index (Phi) is 3.79. The van der Waals surface area contributed by atoms with Crippen LogP contribution in [0.15, 0.2) is 33.8 Å². The summed E-state index contributed by atoms with van der Waals surface area (Å²) in [6.45, 7) is 2.04. The highest BCUT2D eigenvalue weighted by atomic mass is 16.5. The Bertz CT molecular complexity index is 642. The third kappa shape index (κ3) is 2.73. The molecule has 6 nitrogen and oxygen atoms in total. The highest BCUT2D eigenvalue weighted by molar-refractivity contribution is 5.90. The van der Waals surface area contributed by atoms with Crippen molar-refractivity contribution < 1.29 is 13.9 Å². The molecule has 0 spiro atoms. The van der Waals surface area contributed by atoms with E-state index in [9.17, 15) is 9.59 Å². The number of methoxy groups -OCH3 is 1. The number of aryl methyl sites for hydroxylation is 1. The highest BCUT2D eigenvalue weighted by Gasteiger charge is 2.16. The van der Waals surface area contributed by atoms with Crippen molar-refractivity contribution >= 4 is 5.97 Å². The summed E-state index contributed by atoms with van der Waals surface area (Å²) < 4.78 is 11.1. The molecule has 0 aliphatic carbocycles. The number of rotatable bonds is 4. The SMILES string of the molecule is CCc1cnn(Cc2occc2C(=O)OC)c(=O)c1. The summed E-state index contributed by atoms with van der Waals surface area (Å²) in [6, 6.07) is 3.03. The largest absolute Gasteiger partial charge is 0.466 e. The number of hydrogen-bond acceptors (Lipinski definition) is 5. The van der Waals surface area contributed by atoms with Crippen LogP contribution < -0.4 is 5.56 Å². The van der Waals surface area contributed by atoms with Crippen molar-refractivity contribution in [1.29, 1.82) is 0 Å². The highest BCUT2D eigenvalue weighted by Crippen LogP contribution is 2.12.